The molecule has 28 heavy (non-hydrogen) atoms. The molecule has 0 aliphatic carbocycles. The van der Waals surface area contributed by atoms with Crippen LogP contribution < -0.4 is 5.32 Å². The minimum absolute atomic E-state index is 0.117. The summed E-state index contributed by atoms with van der Waals surface area (Å²) in [5.74, 6) is -0.850. The number of carbonyl (C=O) groups is 1. The highest BCUT2D eigenvalue weighted by molar-refractivity contribution is 5.73. The summed E-state index contributed by atoms with van der Waals surface area (Å²) >= 11 is 0. The molecule has 0 heterocycles. The Morgan fingerprint density at radius 2 is 1.32 bits per heavy atom. The Hall–Kier alpha value is -2.91. The molecule has 3 heteroatoms. The second-order valence-electron chi connectivity index (χ2n) is 6.76. The number of aliphatic carboxylic acids is 1. The lowest BCUT2D eigenvalue weighted by Crippen LogP contribution is -2.37. The fraction of sp³-hybridized carbons (Fsp3) is 0.240. The Bertz CT molecular complexity index is 807. The molecule has 0 amide bonds. The van der Waals surface area contributed by atoms with Gasteiger partial charge >= 0.3 is 5.97 Å². The van der Waals surface area contributed by atoms with Crippen molar-refractivity contribution in [3.63, 3.8) is 0 Å². The van der Waals surface area contributed by atoms with Crippen LogP contribution in [0.3, 0.4) is 0 Å². The van der Waals surface area contributed by atoms with Gasteiger partial charge in [-0.1, -0.05) is 91.9 Å². The smallest absolute Gasteiger partial charge is 0.320 e. The van der Waals surface area contributed by atoms with Gasteiger partial charge in [-0.15, -0.1) is 0 Å². The fourth-order valence-corrected chi connectivity index (χ4v) is 3.00. The number of nitrogens with one attached hydrogen (secondary N) is 1. The lowest BCUT2D eigenvalue weighted by Gasteiger charge is -2.22. The molecule has 3 aromatic carbocycles. The maximum Gasteiger partial charge on any atom is 0.320 e. The molecule has 146 valence electrons. The van der Waals surface area contributed by atoms with E-state index in [0.29, 0.717) is 0 Å². The minimum atomic E-state index is -0.850. The van der Waals surface area contributed by atoms with Gasteiger partial charge in [0, 0.05) is 0 Å². The van der Waals surface area contributed by atoms with Gasteiger partial charge in [-0.25, -0.2) is 0 Å². The van der Waals surface area contributed by atoms with Gasteiger partial charge in [0.15, 0.2) is 0 Å². The molecule has 1 atom stereocenters. The highest BCUT2D eigenvalue weighted by atomic mass is 16.4. The first-order valence-corrected chi connectivity index (χ1v) is 9.66. The molecule has 3 aromatic rings. The van der Waals surface area contributed by atoms with Gasteiger partial charge in [-0.3, -0.25) is 10.1 Å². The van der Waals surface area contributed by atoms with Crippen LogP contribution in [0.2, 0.25) is 0 Å². The van der Waals surface area contributed by atoms with Crippen molar-refractivity contribution in [3.05, 3.63) is 107 Å². The summed E-state index contributed by atoms with van der Waals surface area (Å²) in [6.45, 7) is 5.99. The molecular formula is C25H29NO2. The van der Waals surface area contributed by atoms with E-state index in [4.69, 9.17) is 5.11 Å². The third-order valence-corrected chi connectivity index (χ3v) is 4.70. The van der Waals surface area contributed by atoms with Gasteiger partial charge in [-0.2, -0.15) is 0 Å². The normalized spacial score (nSPS) is 11.4. The van der Waals surface area contributed by atoms with Crippen LogP contribution in [-0.4, -0.2) is 17.1 Å². The van der Waals surface area contributed by atoms with E-state index >= 15 is 0 Å². The van der Waals surface area contributed by atoms with Crippen molar-refractivity contribution in [2.24, 2.45) is 0 Å². The molecule has 0 saturated carbocycles. The van der Waals surface area contributed by atoms with Crippen LogP contribution >= 0.6 is 0 Å². The molecule has 0 aliphatic heterocycles. The van der Waals surface area contributed by atoms with E-state index in [0.717, 1.165) is 17.5 Å². The first kappa shape index (κ1) is 21.4. The molecule has 0 aliphatic rings. The van der Waals surface area contributed by atoms with Crippen molar-refractivity contribution in [1.82, 2.24) is 5.32 Å². The average Bonchev–Trinajstić information content (AvgIpc) is 2.74. The first-order valence-electron chi connectivity index (χ1n) is 9.66. The summed E-state index contributed by atoms with van der Waals surface area (Å²) in [6.07, 6.45) is 1.15. The molecule has 0 fully saturated rings. The number of aryl methyl sites for hydroxylation is 2. The zero-order valence-corrected chi connectivity index (χ0v) is 16.8. The Labute approximate surface area is 168 Å². The highest BCUT2D eigenvalue weighted by Gasteiger charge is 2.19. The lowest BCUT2D eigenvalue weighted by molar-refractivity contribution is -0.139. The van der Waals surface area contributed by atoms with Gasteiger partial charge in [0.25, 0.3) is 0 Å². The number of rotatable bonds is 6. The zero-order chi connectivity index (χ0) is 20.4. The van der Waals surface area contributed by atoms with Crippen molar-refractivity contribution < 1.29 is 9.90 Å². The Morgan fingerprint density at radius 3 is 1.71 bits per heavy atom. The number of benzene rings is 3. The highest BCUT2D eigenvalue weighted by Crippen LogP contribution is 2.22. The largest absolute Gasteiger partial charge is 0.480 e. The topological polar surface area (TPSA) is 49.3 Å². The Morgan fingerprint density at radius 1 is 0.857 bits per heavy atom. The maximum atomic E-state index is 11.0. The predicted molar refractivity (Wildman–Crippen MR) is 116 cm³/mol. The number of hydrogen-bond donors (Lipinski definition) is 2. The van der Waals surface area contributed by atoms with E-state index in [9.17, 15) is 4.79 Å². The van der Waals surface area contributed by atoms with Crippen LogP contribution in [0.25, 0.3) is 0 Å². The van der Waals surface area contributed by atoms with E-state index in [1.165, 1.54) is 11.1 Å². The number of carboxylic acid groups (broad SMARTS) is 1. The van der Waals surface area contributed by atoms with Gasteiger partial charge in [0.05, 0.1) is 6.04 Å². The zero-order valence-electron chi connectivity index (χ0n) is 16.8. The van der Waals surface area contributed by atoms with Crippen LogP contribution in [0.4, 0.5) is 0 Å². The standard InChI is InChI=1S/C16H17NO2.C9H12/c1-12(16(18)19)17-15(13-8-4-2-5-9-13)14-10-6-3-7-11-14;1-3-9-7-5-4-6-8(9)2/h2-12,15,17H,1H3,(H,18,19);4-7H,3H2,1-2H3. The van der Waals surface area contributed by atoms with Crippen molar-refractivity contribution in [2.45, 2.75) is 39.3 Å². The molecule has 0 spiro atoms. The molecule has 0 aromatic heterocycles. The van der Waals surface area contributed by atoms with E-state index in [1.54, 1.807) is 6.92 Å². The SMILES string of the molecule is CC(NC(c1ccccc1)c1ccccc1)C(=O)O.CCc1ccccc1C. The molecular weight excluding hydrogens is 346 g/mol. The van der Waals surface area contributed by atoms with Crippen molar-refractivity contribution in [2.75, 3.05) is 0 Å². The molecule has 3 nitrogen and oxygen atoms in total. The van der Waals surface area contributed by atoms with Crippen LogP contribution in [0.5, 0.6) is 0 Å². The van der Waals surface area contributed by atoms with Crippen LogP contribution in [0, 0.1) is 6.92 Å². The fourth-order valence-electron chi connectivity index (χ4n) is 3.00. The summed E-state index contributed by atoms with van der Waals surface area (Å²) in [6, 6.07) is 27.5. The van der Waals surface area contributed by atoms with Crippen molar-refractivity contribution in [3.8, 4) is 0 Å². The molecule has 1 unspecified atom stereocenters. The van der Waals surface area contributed by atoms with Crippen molar-refractivity contribution >= 4 is 5.97 Å². The minimum Gasteiger partial charge on any atom is -0.480 e. The van der Waals surface area contributed by atoms with Gasteiger partial charge in [-0.05, 0) is 42.5 Å². The number of hydrogen-bond acceptors (Lipinski definition) is 2. The quantitative estimate of drug-likeness (QED) is 0.607. The van der Waals surface area contributed by atoms with Crippen molar-refractivity contribution in [1.29, 1.82) is 0 Å². The van der Waals surface area contributed by atoms with E-state index in [2.05, 4.69) is 43.4 Å². The van der Waals surface area contributed by atoms with E-state index < -0.39 is 12.0 Å². The molecule has 2 N–H and O–H groups in total. The van der Waals surface area contributed by atoms with E-state index in [-0.39, 0.29) is 6.04 Å². The Balaban J connectivity index is 0.000000261. The Kier molecular flexibility index (Phi) is 8.44. The summed E-state index contributed by atoms with van der Waals surface area (Å²) in [5.41, 5.74) is 4.97. The predicted octanol–water partition coefficient (Wildman–Crippen LogP) is 5.40. The van der Waals surface area contributed by atoms with Gasteiger partial charge in [0.2, 0.25) is 0 Å². The monoisotopic (exact) mass is 375 g/mol. The second-order valence-corrected chi connectivity index (χ2v) is 6.76. The third-order valence-electron chi connectivity index (χ3n) is 4.70. The maximum absolute atomic E-state index is 11.0. The summed E-state index contributed by atoms with van der Waals surface area (Å²) < 4.78 is 0. The van der Waals surface area contributed by atoms with E-state index in [1.807, 2.05) is 60.7 Å². The molecule has 0 bridgehead atoms. The van der Waals surface area contributed by atoms with Gasteiger partial charge < -0.3 is 5.11 Å². The molecule has 0 radical (unpaired) electrons. The number of carboxylic acids is 1. The van der Waals surface area contributed by atoms with Gasteiger partial charge in [0.1, 0.15) is 6.04 Å². The third kappa shape index (κ3) is 6.36. The summed E-state index contributed by atoms with van der Waals surface area (Å²) in [5, 5.41) is 12.2. The molecule has 3 rings (SSSR count). The first-order chi connectivity index (χ1) is 13.5. The van der Waals surface area contributed by atoms with Crippen LogP contribution in [-0.2, 0) is 11.2 Å². The molecule has 0 saturated heterocycles. The van der Waals surface area contributed by atoms with Crippen LogP contribution in [0.1, 0.15) is 42.1 Å². The van der Waals surface area contributed by atoms with Crippen LogP contribution in [0.15, 0.2) is 84.9 Å². The second kappa shape index (κ2) is 11.1. The average molecular weight is 376 g/mol. The lowest BCUT2D eigenvalue weighted by atomic mass is 9.98. The summed E-state index contributed by atoms with van der Waals surface area (Å²) in [7, 11) is 0. The summed E-state index contributed by atoms with van der Waals surface area (Å²) in [4.78, 5) is 11.0.